The van der Waals surface area contributed by atoms with Gasteiger partial charge in [-0.1, -0.05) is 18.2 Å². The van der Waals surface area contributed by atoms with Crippen LogP contribution >= 0.6 is 0 Å². The Hall–Kier alpha value is -3.15. The zero-order valence-electron chi connectivity index (χ0n) is 16.9. The van der Waals surface area contributed by atoms with Gasteiger partial charge in [-0.3, -0.25) is 14.3 Å². The highest BCUT2D eigenvalue weighted by molar-refractivity contribution is 6.08. The molecule has 0 aliphatic carbocycles. The number of para-hydroxylation sites is 1. The summed E-state index contributed by atoms with van der Waals surface area (Å²) in [4.78, 5) is 26.7. The molecule has 4 rings (SSSR count). The largest absolute Gasteiger partial charge is 0.481 e. The van der Waals surface area contributed by atoms with E-state index in [-0.39, 0.29) is 18.5 Å². The minimum Gasteiger partial charge on any atom is -0.481 e. The van der Waals surface area contributed by atoms with Crippen molar-refractivity contribution < 1.29 is 14.7 Å². The average molecular weight is 391 g/mol. The van der Waals surface area contributed by atoms with E-state index in [1.54, 1.807) is 30.8 Å². The van der Waals surface area contributed by atoms with Gasteiger partial charge in [-0.05, 0) is 63.4 Å². The first kappa shape index (κ1) is 19.2. The molecule has 0 bridgehead atoms. The van der Waals surface area contributed by atoms with E-state index in [0.717, 1.165) is 29.4 Å². The molecule has 1 aromatic heterocycles. The zero-order chi connectivity index (χ0) is 20.8. The van der Waals surface area contributed by atoms with Crippen LogP contribution in [0.2, 0.25) is 0 Å². The number of amides is 1. The number of carboxylic acid groups (broad SMARTS) is 1. The molecule has 0 radical (unpaired) electrons. The van der Waals surface area contributed by atoms with Gasteiger partial charge in [-0.25, -0.2) is 0 Å². The molecule has 2 heterocycles. The van der Waals surface area contributed by atoms with Crippen LogP contribution in [-0.4, -0.2) is 32.8 Å². The van der Waals surface area contributed by atoms with Crippen molar-refractivity contribution in [2.24, 2.45) is 5.41 Å². The Morgan fingerprint density at radius 2 is 1.97 bits per heavy atom. The van der Waals surface area contributed by atoms with E-state index in [0.29, 0.717) is 5.56 Å². The average Bonchev–Trinajstić information content (AvgIpc) is 3.08. The third-order valence-electron chi connectivity index (χ3n) is 5.75. The van der Waals surface area contributed by atoms with E-state index in [9.17, 15) is 14.7 Å². The molecule has 1 aliphatic heterocycles. The molecule has 6 heteroatoms. The lowest BCUT2D eigenvalue weighted by Crippen LogP contribution is -2.42. The highest BCUT2D eigenvalue weighted by Gasteiger charge is 2.30. The minimum absolute atomic E-state index is 0.0230. The quantitative estimate of drug-likeness (QED) is 0.726. The van der Waals surface area contributed by atoms with Gasteiger partial charge in [0.15, 0.2) is 0 Å². The van der Waals surface area contributed by atoms with Gasteiger partial charge in [0, 0.05) is 22.7 Å². The lowest BCUT2D eigenvalue weighted by atomic mass is 9.94. The van der Waals surface area contributed by atoms with E-state index < -0.39 is 11.4 Å². The number of carboxylic acids is 1. The van der Waals surface area contributed by atoms with Gasteiger partial charge in [-0.2, -0.15) is 5.10 Å². The molecule has 150 valence electrons. The Kier molecular flexibility index (Phi) is 4.65. The topological polar surface area (TPSA) is 75.4 Å². The monoisotopic (exact) mass is 391 g/mol. The van der Waals surface area contributed by atoms with Crippen molar-refractivity contribution in [1.29, 1.82) is 0 Å². The first-order valence-electron chi connectivity index (χ1n) is 9.88. The molecule has 2 aromatic carbocycles. The van der Waals surface area contributed by atoms with Crippen LogP contribution in [0.3, 0.4) is 0 Å². The third kappa shape index (κ3) is 3.39. The highest BCUT2D eigenvalue weighted by atomic mass is 16.4. The van der Waals surface area contributed by atoms with E-state index in [2.05, 4.69) is 18.1 Å². The minimum atomic E-state index is -0.930. The van der Waals surface area contributed by atoms with Gasteiger partial charge in [0.1, 0.15) is 0 Å². The molecule has 0 spiro atoms. The molecule has 0 unspecified atom stereocenters. The number of aromatic nitrogens is 2. The highest BCUT2D eigenvalue weighted by Crippen LogP contribution is 2.32. The maximum Gasteiger partial charge on any atom is 0.310 e. The number of carbonyl (C=O) groups is 2. The van der Waals surface area contributed by atoms with Crippen molar-refractivity contribution in [3.05, 3.63) is 59.8 Å². The molecule has 1 N–H and O–H groups in total. The normalized spacial score (nSPS) is 16.7. The van der Waals surface area contributed by atoms with Gasteiger partial charge in [0.25, 0.3) is 5.91 Å². The molecular weight excluding hydrogens is 366 g/mol. The van der Waals surface area contributed by atoms with Crippen molar-refractivity contribution in [1.82, 2.24) is 9.78 Å². The summed E-state index contributed by atoms with van der Waals surface area (Å²) in [6, 6.07) is 13.7. The molecule has 0 saturated carbocycles. The van der Waals surface area contributed by atoms with Crippen LogP contribution in [0, 0.1) is 5.41 Å². The van der Waals surface area contributed by atoms with E-state index in [1.807, 2.05) is 35.2 Å². The molecule has 0 fully saturated rings. The maximum absolute atomic E-state index is 13.4. The SMILES string of the molecule is C[C@H]1CCc2ccccc2N1C(=O)c1ccc2c(cnn2CC(C)(C)C(=O)O)c1. The molecule has 6 nitrogen and oxygen atoms in total. The predicted molar refractivity (Wildman–Crippen MR) is 112 cm³/mol. The standard InChI is InChI=1S/C23H25N3O3/c1-15-8-9-16-6-4-5-7-20(16)26(15)21(27)17-10-11-19-18(12-17)13-24-25(19)14-23(2,3)22(28)29/h4-7,10-13,15H,8-9,14H2,1-3H3,(H,28,29)/t15-/m0/s1. The third-order valence-corrected chi connectivity index (χ3v) is 5.75. The number of aryl methyl sites for hydroxylation is 1. The molecule has 1 amide bonds. The summed E-state index contributed by atoms with van der Waals surface area (Å²) in [6.07, 6.45) is 3.61. The van der Waals surface area contributed by atoms with Crippen molar-refractivity contribution in [2.75, 3.05) is 4.90 Å². The van der Waals surface area contributed by atoms with Crippen LogP contribution in [-0.2, 0) is 17.8 Å². The van der Waals surface area contributed by atoms with Crippen molar-refractivity contribution in [3.8, 4) is 0 Å². The zero-order valence-corrected chi connectivity index (χ0v) is 16.9. The number of anilines is 1. The molecule has 1 atom stereocenters. The number of benzene rings is 2. The second-order valence-electron chi connectivity index (χ2n) is 8.46. The van der Waals surface area contributed by atoms with Gasteiger partial charge < -0.3 is 10.0 Å². The number of rotatable bonds is 4. The fourth-order valence-corrected chi connectivity index (χ4v) is 3.92. The van der Waals surface area contributed by atoms with Crippen LogP contribution in [0.15, 0.2) is 48.7 Å². The summed E-state index contributed by atoms with van der Waals surface area (Å²) in [5.41, 5.74) is 2.68. The van der Waals surface area contributed by atoms with Crippen molar-refractivity contribution in [3.63, 3.8) is 0 Å². The molecule has 29 heavy (non-hydrogen) atoms. The van der Waals surface area contributed by atoms with Crippen LogP contribution in [0.5, 0.6) is 0 Å². The number of aliphatic carboxylic acids is 1. The van der Waals surface area contributed by atoms with Crippen molar-refractivity contribution in [2.45, 2.75) is 46.2 Å². The van der Waals surface area contributed by atoms with Crippen molar-refractivity contribution >= 4 is 28.5 Å². The molecular formula is C23H25N3O3. The fraction of sp³-hybridized carbons (Fsp3) is 0.348. The van der Waals surface area contributed by atoms with Crippen LogP contribution in [0.1, 0.15) is 43.1 Å². The summed E-state index contributed by atoms with van der Waals surface area (Å²) in [6.45, 7) is 5.69. The number of hydrogen-bond acceptors (Lipinski definition) is 3. The van der Waals surface area contributed by atoms with E-state index in [1.165, 1.54) is 5.56 Å². The number of fused-ring (bicyclic) bond motifs is 2. The van der Waals surface area contributed by atoms with Crippen LogP contribution in [0.4, 0.5) is 5.69 Å². The number of hydrogen-bond donors (Lipinski definition) is 1. The molecule has 0 saturated heterocycles. The predicted octanol–water partition coefficient (Wildman–Crippen LogP) is 4.13. The Balaban J connectivity index is 1.67. The molecule has 1 aliphatic rings. The lowest BCUT2D eigenvalue weighted by molar-refractivity contribution is -0.147. The smallest absolute Gasteiger partial charge is 0.310 e. The van der Waals surface area contributed by atoms with Gasteiger partial charge in [0.2, 0.25) is 0 Å². The molecule has 3 aromatic rings. The Bertz CT molecular complexity index is 1100. The number of carbonyl (C=O) groups excluding carboxylic acids is 1. The number of nitrogens with zero attached hydrogens (tertiary/aromatic N) is 3. The summed E-state index contributed by atoms with van der Waals surface area (Å²) in [5, 5.41) is 14.6. The summed E-state index contributed by atoms with van der Waals surface area (Å²) in [5.74, 6) is -0.893. The second kappa shape index (κ2) is 7.03. The van der Waals surface area contributed by atoms with Crippen LogP contribution < -0.4 is 4.90 Å². The Morgan fingerprint density at radius 3 is 2.72 bits per heavy atom. The summed E-state index contributed by atoms with van der Waals surface area (Å²) < 4.78 is 1.69. The van der Waals surface area contributed by atoms with Gasteiger partial charge in [0.05, 0.1) is 23.7 Å². The maximum atomic E-state index is 13.4. The van der Waals surface area contributed by atoms with Gasteiger partial charge in [-0.15, -0.1) is 0 Å². The Labute approximate surface area is 169 Å². The fourth-order valence-electron chi connectivity index (χ4n) is 3.92. The second-order valence-corrected chi connectivity index (χ2v) is 8.46. The van der Waals surface area contributed by atoms with Crippen LogP contribution in [0.25, 0.3) is 10.9 Å². The van der Waals surface area contributed by atoms with E-state index in [4.69, 9.17) is 0 Å². The lowest BCUT2D eigenvalue weighted by Gasteiger charge is -2.35. The first-order chi connectivity index (χ1) is 13.8. The summed E-state index contributed by atoms with van der Waals surface area (Å²) in [7, 11) is 0. The van der Waals surface area contributed by atoms with Gasteiger partial charge >= 0.3 is 5.97 Å². The first-order valence-corrected chi connectivity index (χ1v) is 9.88. The summed E-state index contributed by atoms with van der Waals surface area (Å²) >= 11 is 0. The van der Waals surface area contributed by atoms with E-state index >= 15 is 0 Å². The Morgan fingerprint density at radius 1 is 1.21 bits per heavy atom.